The summed E-state index contributed by atoms with van der Waals surface area (Å²) in [6.07, 6.45) is 0. The largest absolute Gasteiger partial charge is 0.397 e. The normalized spacial score (nSPS) is 10.7. The minimum Gasteiger partial charge on any atom is -0.397 e. The molecule has 2 N–H and O–H groups in total. The van der Waals surface area contributed by atoms with Gasteiger partial charge in [-0.3, -0.25) is 0 Å². The summed E-state index contributed by atoms with van der Waals surface area (Å²) in [6, 6.07) is 3.84. The van der Waals surface area contributed by atoms with Gasteiger partial charge in [0, 0.05) is 10.9 Å². The Bertz CT molecular complexity index is 271. The van der Waals surface area contributed by atoms with Crippen LogP contribution in [-0.4, -0.2) is 10.2 Å². The van der Waals surface area contributed by atoms with Crippen LogP contribution in [0.2, 0.25) is 0 Å². The van der Waals surface area contributed by atoms with Gasteiger partial charge in [-0.1, -0.05) is 13.8 Å². The minimum absolute atomic E-state index is 0.529. The predicted octanol–water partition coefficient (Wildman–Crippen LogP) is 2.47. The van der Waals surface area contributed by atoms with Crippen LogP contribution in [0.4, 0.5) is 5.69 Å². The third kappa shape index (κ3) is 2.41. The molecule has 0 saturated carbocycles. The number of nitrogens with two attached hydrogens (primary N) is 1. The molecular formula is C9H14N2S. The zero-order chi connectivity index (χ0) is 9.14. The Kier molecular flexibility index (Phi) is 2.98. The van der Waals surface area contributed by atoms with Gasteiger partial charge in [0.25, 0.3) is 0 Å². The number of nitrogen functional groups attached to an aromatic ring is 1. The number of aryl methyl sites for hydroxylation is 1. The van der Waals surface area contributed by atoms with Crippen molar-refractivity contribution in [2.24, 2.45) is 0 Å². The Balaban J connectivity index is 2.90. The van der Waals surface area contributed by atoms with Gasteiger partial charge in [-0.05, 0) is 19.1 Å². The second-order valence-electron chi connectivity index (χ2n) is 3.01. The molecule has 0 amide bonds. The molecule has 1 aromatic heterocycles. The van der Waals surface area contributed by atoms with Crippen LogP contribution < -0.4 is 5.73 Å². The summed E-state index contributed by atoms with van der Waals surface area (Å²) in [5.41, 5.74) is 7.55. The highest BCUT2D eigenvalue weighted by atomic mass is 32.2. The van der Waals surface area contributed by atoms with E-state index in [4.69, 9.17) is 5.73 Å². The standard InChI is InChI=1S/C9H14N2S/c1-6(2)12-9-8(10)5-4-7(3)11-9/h4-6H,10H2,1-3H3. The molecule has 1 rings (SSSR count). The average molecular weight is 182 g/mol. The SMILES string of the molecule is Cc1ccc(N)c(SC(C)C)n1. The highest BCUT2D eigenvalue weighted by Gasteiger charge is 2.03. The number of rotatable bonds is 2. The fraction of sp³-hybridized carbons (Fsp3) is 0.444. The molecule has 1 aromatic rings. The average Bonchev–Trinajstić information content (AvgIpc) is 1.96. The molecule has 0 unspecified atom stereocenters. The smallest absolute Gasteiger partial charge is 0.119 e. The summed E-state index contributed by atoms with van der Waals surface area (Å²) in [4.78, 5) is 4.35. The molecule has 0 bridgehead atoms. The molecule has 0 fully saturated rings. The first-order chi connectivity index (χ1) is 5.59. The van der Waals surface area contributed by atoms with Gasteiger partial charge in [-0.15, -0.1) is 11.8 Å². The van der Waals surface area contributed by atoms with E-state index in [1.807, 2.05) is 19.1 Å². The topological polar surface area (TPSA) is 38.9 Å². The number of anilines is 1. The maximum atomic E-state index is 5.75. The van der Waals surface area contributed by atoms with Crippen molar-refractivity contribution in [3.05, 3.63) is 17.8 Å². The molecule has 0 aromatic carbocycles. The quantitative estimate of drug-likeness (QED) is 0.714. The molecule has 0 saturated heterocycles. The van der Waals surface area contributed by atoms with E-state index in [-0.39, 0.29) is 0 Å². The zero-order valence-electron chi connectivity index (χ0n) is 7.66. The van der Waals surface area contributed by atoms with E-state index in [1.54, 1.807) is 11.8 Å². The maximum absolute atomic E-state index is 5.75. The lowest BCUT2D eigenvalue weighted by molar-refractivity contribution is 1.04. The molecule has 66 valence electrons. The van der Waals surface area contributed by atoms with Gasteiger partial charge in [0.1, 0.15) is 5.03 Å². The lowest BCUT2D eigenvalue weighted by atomic mass is 10.3. The van der Waals surface area contributed by atoms with Crippen LogP contribution >= 0.6 is 11.8 Å². The Morgan fingerprint density at radius 1 is 1.42 bits per heavy atom. The molecule has 3 heteroatoms. The summed E-state index contributed by atoms with van der Waals surface area (Å²) >= 11 is 1.70. The second-order valence-corrected chi connectivity index (χ2v) is 4.58. The van der Waals surface area contributed by atoms with Crippen molar-refractivity contribution < 1.29 is 0 Å². The Morgan fingerprint density at radius 3 is 2.67 bits per heavy atom. The maximum Gasteiger partial charge on any atom is 0.119 e. The van der Waals surface area contributed by atoms with E-state index in [2.05, 4.69) is 18.8 Å². The van der Waals surface area contributed by atoms with Gasteiger partial charge in [-0.25, -0.2) is 4.98 Å². The molecule has 0 radical (unpaired) electrons. The van der Waals surface area contributed by atoms with E-state index in [0.29, 0.717) is 5.25 Å². The highest BCUT2D eigenvalue weighted by molar-refractivity contribution is 7.99. The van der Waals surface area contributed by atoms with Crippen molar-refractivity contribution in [2.45, 2.75) is 31.0 Å². The molecular weight excluding hydrogens is 168 g/mol. The lowest BCUT2D eigenvalue weighted by Crippen LogP contribution is -1.96. The van der Waals surface area contributed by atoms with Crippen molar-refractivity contribution in [1.29, 1.82) is 0 Å². The number of pyridine rings is 1. The van der Waals surface area contributed by atoms with Crippen LogP contribution in [0.1, 0.15) is 19.5 Å². The van der Waals surface area contributed by atoms with Crippen LogP contribution in [0.5, 0.6) is 0 Å². The third-order valence-corrected chi connectivity index (χ3v) is 2.40. The fourth-order valence-corrected chi connectivity index (χ4v) is 1.71. The first kappa shape index (κ1) is 9.39. The molecule has 0 aliphatic carbocycles. The highest BCUT2D eigenvalue weighted by Crippen LogP contribution is 2.26. The van der Waals surface area contributed by atoms with Crippen LogP contribution in [-0.2, 0) is 0 Å². The predicted molar refractivity (Wildman–Crippen MR) is 54.4 cm³/mol. The molecule has 12 heavy (non-hydrogen) atoms. The van der Waals surface area contributed by atoms with Crippen molar-refractivity contribution in [1.82, 2.24) is 4.98 Å². The van der Waals surface area contributed by atoms with E-state index in [9.17, 15) is 0 Å². The van der Waals surface area contributed by atoms with Crippen molar-refractivity contribution in [3.8, 4) is 0 Å². The number of hydrogen-bond donors (Lipinski definition) is 1. The van der Waals surface area contributed by atoms with E-state index in [0.717, 1.165) is 16.4 Å². The lowest BCUT2D eigenvalue weighted by Gasteiger charge is -2.07. The van der Waals surface area contributed by atoms with Crippen molar-refractivity contribution >= 4 is 17.4 Å². The summed E-state index contributed by atoms with van der Waals surface area (Å²) in [7, 11) is 0. The van der Waals surface area contributed by atoms with Crippen LogP contribution in [0.25, 0.3) is 0 Å². The molecule has 0 aliphatic heterocycles. The number of aromatic nitrogens is 1. The Labute approximate surface area is 77.6 Å². The first-order valence-corrected chi connectivity index (χ1v) is 4.87. The van der Waals surface area contributed by atoms with E-state index in [1.165, 1.54) is 0 Å². The van der Waals surface area contributed by atoms with Crippen LogP contribution in [0, 0.1) is 6.92 Å². The van der Waals surface area contributed by atoms with E-state index < -0.39 is 0 Å². The van der Waals surface area contributed by atoms with Gasteiger partial charge in [0.05, 0.1) is 5.69 Å². The van der Waals surface area contributed by atoms with Gasteiger partial charge in [-0.2, -0.15) is 0 Å². The van der Waals surface area contributed by atoms with Gasteiger partial charge in [0.2, 0.25) is 0 Å². The summed E-state index contributed by atoms with van der Waals surface area (Å²) < 4.78 is 0. The number of thioether (sulfide) groups is 1. The van der Waals surface area contributed by atoms with Crippen molar-refractivity contribution in [2.75, 3.05) is 5.73 Å². The number of hydrogen-bond acceptors (Lipinski definition) is 3. The molecule has 0 atom stereocenters. The third-order valence-electron chi connectivity index (χ3n) is 1.38. The summed E-state index contributed by atoms with van der Waals surface area (Å²) in [5.74, 6) is 0. The van der Waals surface area contributed by atoms with Gasteiger partial charge >= 0.3 is 0 Å². The Morgan fingerprint density at radius 2 is 2.08 bits per heavy atom. The van der Waals surface area contributed by atoms with Gasteiger partial charge in [0.15, 0.2) is 0 Å². The van der Waals surface area contributed by atoms with Gasteiger partial charge < -0.3 is 5.73 Å². The Hall–Kier alpha value is -0.700. The first-order valence-electron chi connectivity index (χ1n) is 3.99. The van der Waals surface area contributed by atoms with E-state index >= 15 is 0 Å². The molecule has 1 heterocycles. The summed E-state index contributed by atoms with van der Waals surface area (Å²) in [6.45, 7) is 6.24. The second kappa shape index (κ2) is 3.81. The fourth-order valence-electron chi connectivity index (χ4n) is 0.861. The van der Waals surface area contributed by atoms with Crippen LogP contribution in [0.15, 0.2) is 17.2 Å². The molecule has 2 nitrogen and oxygen atoms in total. The minimum atomic E-state index is 0.529. The summed E-state index contributed by atoms with van der Waals surface area (Å²) in [5, 5.41) is 1.48. The molecule has 0 aliphatic rings. The monoisotopic (exact) mass is 182 g/mol. The number of nitrogens with zero attached hydrogens (tertiary/aromatic N) is 1. The molecule has 0 spiro atoms. The zero-order valence-corrected chi connectivity index (χ0v) is 8.48. The van der Waals surface area contributed by atoms with Crippen LogP contribution in [0.3, 0.4) is 0 Å². The van der Waals surface area contributed by atoms with Crippen molar-refractivity contribution in [3.63, 3.8) is 0 Å².